The zero-order chi connectivity index (χ0) is 27.0. The quantitative estimate of drug-likeness (QED) is 0.242. The highest BCUT2D eigenvalue weighted by molar-refractivity contribution is 5.39. The van der Waals surface area contributed by atoms with Crippen LogP contribution in [0.1, 0.15) is 19.4 Å². The molecule has 4 unspecified atom stereocenters. The number of hydrogen-bond acceptors (Lipinski definition) is 9. The third kappa shape index (κ3) is 6.31. The van der Waals surface area contributed by atoms with Crippen molar-refractivity contribution in [2.45, 2.75) is 38.4 Å². The lowest BCUT2D eigenvalue weighted by atomic mass is 9.90. The fourth-order valence-corrected chi connectivity index (χ4v) is 4.25. The molecule has 2 aromatic carbocycles. The van der Waals surface area contributed by atoms with Gasteiger partial charge in [-0.2, -0.15) is 0 Å². The van der Waals surface area contributed by atoms with Gasteiger partial charge in [0, 0.05) is 19.2 Å². The van der Waals surface area contributed by atoms with Crippen LogP contribution in [0.5, 0.6) is 11.5 Å². The summed E-state index contributed by atoms with van der Waals surface area (Å²) in [7, 11) is 1.53. The SMILES string of the molecule is COc1ccccc1OCCN(Cc1ccccc1)C(OC1([N+](=O)[O-])C([N+](=O)[O-])=CC=CC1C)C(C)O. The van der Waals surface area contributed by atoms with Gasteiger partial charge < -0.3 is 14.6 Å². The fourth-order valence-electron chi connectivity index (χ4n) is 4.25. The zero-order valence-corrected chi connectivity index (χ0v) is 20.9. The Morgan fingerprint density at radius 3 is 2.32 bits per heavy atom. The average molecular weight is 514 g/mol. The predicted octanol–water partition coefficient (Wildman–Crippen LogP) is 3.64. The third-order valence-corrected chi connectivity index (χ3v) is 6.11. The molecule has 0 heterocycles. The van der Waals surface area contributed by atoms with Crippen LogP contribution in [0.4, 0.5) is 0 Å². The lowest BCUT2D eigenvalue weighted by Crippen LogP contribution is -2.58. The monoisotopic (exact) mass is 513 g/mol. The van der Waals surface area contributed by atoms with Gasteiger partial charge in [-0.25, -0.2) is 0 Å². The number of allylic oxidation sites excluding steroid dienone is 2. The van der Waals surface area contributed by atoms with Gasteiger partial charge in [-0.05, 0) is 31.5 Å². The highest BCUT2D eigenvalue weighted by Gasteiger charge is 2.63. The number of ether oxygens (including phenoxy) is 3. The van der Waals surface area contributed by atoms with Crippen molar-refractivity contribution in [3.8, 4) is 11.5 Å². The maximum Gasteiger partial charge on any atom is 0.422 e. The zero-order valence-electron chi connectivity index (χ0n) is 20.9. The third-order valence-electron chi connectivity index (χ3n) is 6.11. The summed E-state index contributed by atoms with van der Waals surface area (Å²) in [5.74, 6) is 0.0689. The van der Waals surface area contributed by atoms with Crippen molar-refractivity contribution in [3.05, 3.63) is 104 Å². The molecule has 0 saturated carbocycles. The van der Waals surface area contributed by atoms with Crippen LogP contribution in [0.2, 0.25) is 0 Å². The van der Waals surface area contributed by atoms with Crippen molar-refractivity contribution in [3.63, 3.8) is 0 Å². The average Bonchev–Trinajstić information content (AvgIpc) is 2.87. The summed E-state index contributed by atoms with van der Waals surface area (Å²) in [6.07, 6.45) is 1.42. The Morgan fingerprint density at radius 1 is 1.08 bits per heavy atom. The van der Waals surface area contributed by atoms with Gasteiger partial charge in [-0.15, -0.1) is 0 Å². The molecule has 198 valence electrons. The topological polar surface area (TPSA) is 137 Å². The summed E-state index contributed by atoms with van der Waals surface area (Å²) in [5, 5.41) is 34.9. The van der Waals surface area contributed by atoms with Crippen LogP contribution in [0, 0.1) is 26.1 Å². The van der Waals surface area contributed by atoms with E-state index in [1.807, 2.05) is 36.4 Å². The fraction of sp³-hybridized carbons (Fsp3) is 0.385. The Kier molecular flexibility index (Phi) is 9.34. The molecule has 37 heavy (non-hydrogen) atoms. The Bertz CT molecular complexity index is 1140. The molecular weight excluding hydrogens is 482 g/mol. The number of methoxy groups -OCH3 is 1. The molecule has 11 nitrogen and oxygen atoms in total. The molecule has 1 aliphatic carbocycles. The predicted molar refractivity (Wildman–Crippen MR) is 135 cm³/mol. The van der Waals surface area contributed by atoms with Crippen molar-refractivity contribution < 1.29 is 29.2 Å². The molecule has 3 rings (SSSR count). The summed E-state index contributed by atoms with van der Waals surface area (Å²) in [6, 6.07) is 16.4. The number of aliphatic hydroxyl groups excluding tert-OH is 1. The first-order valence-electron chi connectivity index (χ1n) is 11.8. The largest absolute Gasteiger partial charge is 0.493 e. The summed E-state index contributed by atoms with van der Waals surface area (Å²) in [6.45, 7) is 3.44. The van der Waals surface area contributed by atoms with Crippen LogP contribution in [-0.2, 0) is 11.3 Å². The summed E-state index contributed by atoms with van der Waals surface area (Å²) in [4.78, 5) is 24.3. The molecule has 0 bridgehead atoms. The Labute approximate surface area is 214 Å². The molecule has 1 aliphatic rings. The maximum atomic E-state index is 12.4. The molecular formula is C26H31N3O8. The Balaban J connectivity index is 1.94. The number of hydrogen-bond donors (Lipinski definition) is 1. The smallest absolute Gasteiger partial charge is 0.422 e. The van der Waals surface area contributed by atoms with E-state index in [0.717, 1.165) is 11.6 Å². The van der Waals surface area contributed by atoms with Crippen molar-refractivity contribution in [1.82, 2.24) is 4.90 Å². The Morgan fingerprint density at radius 2 is 1.73 bits per heavy atom. The normalized spacial score (nSPS) is 20.7. The molecule has 11 heteroatoms. The molecule has 0 saturated heterocycles. The maximum absolute atomic E-state index is 12.4. The number of nitrogens with zero attached hydrogens (tertiary/aromatic N) is 3. The molecule has 0 amide bonds. The molecule has 0 aliphatic heterocycles. The Hall–Kier alpha value is -3.80. The van der Waals surface area contributed by atoms with Gasteiger partial charge in [0.1, 0.15) is 12.8 Å². The summed E-state index contributed by atoms with van der Waals surface area (Å²) in [5.41, 5.74) is -2.35. The lowest BCUT2D eigenvalue weighted by Gasteiger charge is -2.38. The number of benzene rings is 2. The second-order valence-electron chi connectivity index (χ2n) is 8.64. The first-order valence-corrected chi connectivity index (χ1v) is 11.8. The number of nitro groups is 2. The summed E-state index contributed by atoms with van der Waals surface area (Å²) >= 11 is 0. The summed E-state index contributed by atoms with van der Waals surface area (Å²) < 4.78 is 17.2. The van der Waals surface area contributed by atoms with Crippen molar-refractivity contribution in [2.24, 2.45) is 5.92 Å². The molecule has 0 fully saturated rings. The van der Waals surface area contributed by atoms with Crippen LogP contribution < -0.4 is 9.47 Å². The van der Waals surface area contributed by atoms with Gasteiger partial charge in [-0.3, -0.25) is 29.9 Å². The van der Waals surface area contributed by atoms with Gasteiger partial charge in [0.05, 0.1) is 29.0 Å². The van der Waals surface area contributed by atoms with Crippen LogP contribution in [0.3, 0.4) is 0 Å². The standard InChI is InChI=1S/C26H31N3O8/c1-19-10-9-15-24(28(31)32)26(19,29(33)34)37-25(20(2)30)27(18-21-11-5-4-6-12-21)16-17-36-23-14-8-7-13-22(23)35-3/h4-15,19-20,25,30H,16-18H2,1-3H3. The minimum absolute atomic E-state index is 0.124. The van der Waals surface area contributed by atoms with E-state index in [1.165, 1.54) is 33.1 Å². The lowest BCUT2D eigenvalue weighted by molar-refractivity contribution is -0.664. The van der Waals surface area contributed by atoms with E-state index in [4.69, 9.17) is 14.2 Å². The van der Waals surface area contributed by atoms with Crippen molar-refractivity contribution >= 4 is 0 Å². The van der Waals surface area contributed by atoms with Crippen LogP contribution in [0.15, 0.2) is 78.5 Å². The molecule has 1 N–H and O–H groups in total. The van der Waals surface area contributed by atoms with E-state index in [-0.39, 0.29) is 19.7 Å². The number of para-hydroxylation sites is 2. The molecule has 2 aromatic rings. The van der Waals surface area contributed by atoms with E-state index >= 15 is 0 Å². The molecule has 4 atom stereocenters. The van der Waals surface area contributed by atoms with E-state index in [9.17, 15) is 25.3 Å². The van der Waals surface area contributed by atoms with E-state index in [1.54, 1.807) is 23.1 Å². The van der Waals surface area contributed by atoms with Crippen molar-refractivity contribution in [2.75, 3.05) is 20.3 Å². The van der Waals surface area contributed by atoms with Crippen LogP contribution >= 0.6 is 0 Å². The van der Waals surface area contributed by atoms with Gasteiger partial charge in [0.2, 0.25) is 0 Å². The number of aliphatic hydroxyl groups is 1. The van der Waals surface area contributed by atoms with Gasteiger partial charge in [0.15, 0.2) is 11.5 Å². The van der Waals surface area contributed by atoms with E-state index in [2.05, 4.69) is 0 Å². The van der Waals surface area contributed by atoms with Gasteiger partial charge in [-0.1, -0.05) is 54.6 Å². The van der Waals surface area contributed by atoms with Gasteiger partial charge >= 0.3 is 11.4 Å². The molecule has 0 radical (unpaired) electrons. The highest BCUT2D eigenvalue weighted by Crippen LogP contribution is 2.38. The molecule has 0 spiro atoms. The van der Waals surface area contributed by atoms with Crippen molar-refractivity contribution in [1.29, 1.82) is 0 Å². The van der Waals surface area contributed by atoms with Crippen LogP contribution in [0.25, 0.3) is 0 Å². The van der Waals surface area contributed by atoms with E-state index < -0.39 is 39.5 Å². The first-order chi connectivity index (χ1) is 17.7. The van der Waals surface area contributed by atoms with E-state index in [0.29, 0.717) is 11.5 Å². The number of rotatable bonds is 13. The second kappa shape index (κ2) is 12.4. The second-order valence-corrected chi connectivity index (χ2v) is 8.64. The van der Waals surface area contributed by atoms with Gasteiger partial charge in [0.25, 0.3) is 0 Å². The minimum atomic E-state index is -2.50. The first kappa shape index (κ1) is 27.8. The highest BCUT2D eigenvalue weighted by atomic mass is 16.7. The molecule has 0 aromatic heterocycles. The van der Waals surface area contributed by atoms with Crippen LogP contribution in [-0.4, -0.2) is 58.2 Å². The minimum Gasteiger partial charge on any atom is -0.493 e.